The summed E-state index contributed by atoms with van der Waals surface area (Å²) in [5, 5.41) is 11.1. The molecule has 0 radical (unpaired) electrons. The Kier molecular flexibility index (Phi) is 4.30. The van der Waals surface area contributed by atoms with Gasteiger partial charge in [-0.25, -0.2) is 4.98 Å². The van der Waals surface area contributed by atoms with Gasteiger partial charge in [0, 0.05) is 12.3 Å². The number of hydrogen-bond donors (Lipinski definition) is 0. The fourth-order valence-electron chi connectivity index (χ4n) is 1.38. The van der Waals surface area contributed by atoms with Gasteiger partial charge in [0.1, 0.15) is 12.3 Å². The molecule has 0 aromatic carbocycles. The summed E-state index contributed by atoms with van der Waals surface area (Å²) in [6.07, 6.45) is 1.21. The van der Waals surface area contributed by atoms with E-state index >= 15 is 0 Å². The van der Waals surface area contributed by atoms with Gasteiger partial charge in [-0.3, -0.25) is 10.1 Å². The number of hydrogen-bond acceptors (Lipinski definition) is 5. The molecule has 0 spiro atoms. The maximum Gasteiger partial charge on any atom is 0.336 e. The van der Waals surface area contributed by atoms with Crippen LogP contribution in [0.5, 0.6) is 5.75 Å². The Balaban J connectivity index is 3.33. The molecule has 0 atom stereocenters. The third kappa shape index (κ3) is 4.87. The fraction of sp³-hybridized carbons (Fsp3) is 0.562. The van der Waals surface area contributed by atoms with Crippen LogP contribution in [0.3, 0.4) is 0 Å². The van der Waals surface area contributed by atoms with Crippen molar-refractivity contribution in [2.75, 3.05) is 13.1 Å². The second-order valence-electron chi connectivity index (χ2n) is 6.71. The molecule has 0 saturated carbocycles. The Morgan fingerprint density at radius 3 is 2.57 bits per heavy atom. The molecule has 0 N–H and O–H groups in total. The highest BCUT2D eigenvalue weighted by Gasteiger charge is 2.37. The summed E-state index contributed by atoms with van der Waals surface area (Å²) < 4.78 is 43.1. The van der Waals surface area contributed by atoms with Crippen LogP contribution in [0.2, 0.25) is 18.1 Å². The van der Waals surface area contributed by atoms with Gasteiger partial charge in [-0.2, -0.15) is 0 Å². The monoisotopic (exact) mass is 342 g/mol. The van der Waals surface area contributed by atoms with Crippen LogP contribution in [0.15, 0.2) is 18.8 Å². The van der Waals surface area contributed by atoms with Crippen molar-refractivity contribution in [1.29, 1.82) is 0 Å². The van der Waals surface area contributed by atoms with Crippen LogP contribution in [-0.2, 0) is 4.43 Å². The van der Waals surface area contributed by atoms with Crippen molar-refractivity contribution >= 4 is 19.6 Å². The number of aromatic nitrogens is 1. The largest absolute Gasteiger partial charge is 0.484 e. The molecular weight excluding hydrogens is 312 g/mol. The lowest BCUT2D eigenvalue weighted by molar-refractivity contribution is -0.386. The van der Waals surface area contributed by atoms with Gasteiger partial charge >= 0.3 is 5.69 Å². The third-order valence-corrected chi connectivity index (χ3v) is 8.01. The summed E-state index contributed by atoms with van der Waals surface area (Å²) >= 11 is 0. The molecule has 1 aromatic rings. The zero-order valence-electron chi connectivity index (χ0n) is 18.4. The fourth-order valence-corrected chi connectivity index (χ4v) is 1.99. The summed E-state index contributed by atoms with van der Waals surface area (Å²) in [7, 11) is -2.69. The number of nitrogens with zero attached hydrogens (tertiary/aromatic N) is 2. The van der Waals surface area contributed by atoms with Crippen LogP contribution in [0, 0.1) is 10.1 Å². The van der Waals surface area contributed by atoms with E-state index in [1.54, 1.807) is 13.1 Å². The number of allylic oxidation sites excluding steroid dienone is 1. The molecule has 1 rings (SSSR count). The zero-order valence-corrected chi connectivity index (χ0v) is 15.4. The maximum atomic E-state index is 11.4. The molecule has 0 saturated heterocycles. The van der Waals surface area contributed by atoms with Gasteiger partial charge in [-0.05, 0) is 30.6 Å². The summed E-state index contributed by atoms with van der Waals surface area (Å²) in [6.45, 7) is 8.53. The highest BCUT2D eigenvalue weighted by Crippen LogP contribution is 2.36. The molecule has 0 amide bonds. The second kappa shape index (κ2) is 7.23. The van der Waals surface area contributed by atoms with Gasteiger partial charge in [0.05, 0.1) is 17.0 Å². The molecule has 0 unspecified atom stereocenters. The highest BCUT2D eigenvalue weighted by molar-refractivity contribution is 6.74. The van der Waals surface area contributed by atoms with Crippen LogP contribution in [0.25, 0.3) is 5.57 Å². The van der Waals surface area contributed by atoms with Crippen LogP contribution in [0.1, 0.15) is 38.9 Å². The van der Waals surface area contributed by atoms with E-state index in [1.807, 2.05) is 20.8 Å². The lowest BCUT2D eigenvalue weighted by atomic mass is 10.2. The minimum absolute atomic E-state index is 0.0563. The molecule has 23 heavy (non-hydrogen) atoms. The smallest absolute Gasteiger partial charge is 0.336 e. The Morgan fingerprint density at radius 1 is 1.48 bits per heavy atom. The van der Waals surface area contributed by atoms with E-state index in [4.69, 9.17) is 14.6 Å². The van der Waals surface area contributed by atoms with Crippen LogP contribution in [-0.4, -0.2) is 31.3 Å². The number of rotatable bonds is 7. The SMILES string of the molecule is [2H]C([2H])(Oc1ccnc(C(=C)C)c1[N+](=O)[O-])C([2H])([2H])O[Si](C)(C)C(C)(C)C. The molecule has 6 nitrogen and oxygen atoms in total. The van der Waals surface area contributed by atoms with E-state index in [2.05, 4.69) is 11.6 Å². The molecular formula is C16H26N2O4Si. The third-order valence-electron chi connectivity index (χ3n) is 3.79. The van der Waals surface area contributed by atoms with Crippen LogP contribution < -0.4 is 4.74 Å². The molecule has 0 aliphatic carbocycles. The van der Waals surface area contributed by atoms with Crippen molar-refractivity contribution in [3.8, 4) is 5.75 Å². The summed E-state index contributed by atoms with van der Waals surface area (Å²) in [5.74, 6) is -0.444. The topological polar surface area (TPSA) is 74.5 Å². The Bertz CT molecular complexity index is 748. The molecule has 0 fully saturated rings. The van der Waals surface area contributed by atoms with Gasteiger partial charge in [-0.1, -0.05) is 27.4 Å². The van der Waals surface area contributed by atoms with Crippen molar-refractivity contribution in [1.82, 2.24) is 4.98 Å². The van der Waals surface area contributed by atoms with E-state index in [0.717, 1.165) is 6.07 Å². The summed E-state index contributed by atoms with van der Waals surface area (Å²) in [5.41, 5.74) is -0.329. The van der Waals surface area contributed by atoms with Crippen LogP contribution >= 0.6 is 0 Å². The van der Waals surface area contributed by atoms with Crippen molar-refractivity contribution in [2.24, 2.45) is 0 Å². The summed E-state index contributed by atoms with van der Waals surface area (Å²) in [4.78, 5) is 14.6. The summed E-state index contributed by atoms with van der Waals surface area (Å²) in [6, 6.07) is 1.12. The molecule has 0 aliphatic heterocycles. The Labute approximate surface area is 144 Å². The van der Waals surface area contributed by atoms with Gasteiger partial charge < -0.3 is 9.16 Å². The first-order chi connectivity index (χ1) is 11.9. The van der Waals surface area contributed by atoms with E-state index < -0.39 is 37.8 Å². The minimum Gasteiger partial charge on any atom is -0.484 e. The molecule has 0 aliphatic rings. The lowest BCUT2D eigenvalue weighted by Crippen LogP contribution is -2.41. The van der Waals surface area contributed by atoms with Gasteiger partial charge in [0.2, 0.25) is 5.75 Å². The van der Waals surface area contributed by atoms with Crippen molar-refractivity contribution in [3.05, 3.63) is 34.7 Å². The maximum absolute atomic E-state index is 11.4. The van der Waals surface area contributed by atoms with Crippen molar-refractivity contribution in [3.63, 3.8) is 0 Å². The van der Waals surface area contributed by atoms with Gasteiger partial charge in [-0.15, -0.1) is 0 Å². The quantitative estimate of drug-likeness (QED) is 0.416. The molecule has 1 heterocycles. The van der Waals surface area contributed by atoms with E-state index in [1.165, 1.54) is 13.1 Å². The molecule has 128 valence electrons. The average molecular weight is 343 g/mol. The second-order valence-corrected chi connectivity index (χ2v) is 11.4. The van der Waals surface area contributed by atoms with E-state index in [9.17, 15) is 10.1 Å². The minimum atomic E-state index is -2.99. The van der Waals surface area contributed by atoms with E-state index in [0.29, 0.717) is 5.57 Å². The first kappa shape index (κ1) is 13.7. The van der Waals surface area contributed by atoms with Crippen molar-refractivity contribution in [2.45, 2.75) is 45.8 Å². The average Bonchev–Trinajstić information content (AvgIpc) is 2.43. The molecule has 0 bridgehead atoms. The van der Waals surface area contributed by atoms with Crippen LogP contribution in [0.4, 0.5) is 5.69 Å². The number of pyridine rings is 1. The predicted molar refractivity (Wildman–Crippen MR) is 94.2 cm³/mol. The molecule has 7 heteroatoms. The predicted octanol–water partition coefficient (Wildman–Crippen LogP) is 4.42. The zero-order chi connectivity index (χ0) is 21.4. The number of ether oxygens (including phenoxy) is 1. The number of nitro groups is 1. The standard InChI is InChI=1S/C16H26N2O4Si/c1-12(2)14-15(18(19)20)13(8-9-17-14)21-10-11-22-23(6,7)16(3,4)5/h8-9H,1,10-11H2,2-7H3/i10D2,11D2. The van der Waals surface area contributed by atoms with Gasteiger partial charge in [0.15, 0.2) is 8.32 Å². The lowest BCUT2D eigenvalue weighted by Gasteiger charge is -2.36. The Hall–Kier alpha value is -1.73. The Morgan fingerprint density at radius 2 is 2.09 bits per heavy atom. The first-order valence-corrected chi connectivity index (χ1v) is 10.0. The van der Waals surface area contributed by atoms with E-state index in [-0.39, 0.29) is 10.7 Å². The molecule has 1 aromatic heterocycles. The normalized spacial score (nSPS) is 15.9. The first-order valence-electron chi connectivity index (χ1n) is 9.11. The van der Waals surface area contributed by atoms with Crippen molar-refractivity contribution < 1.29 is 19.6 Å². The highest BCUT2D eigenvalue weighted by atomic mass is 28.4. The van der Waals surface area contributed by atoms with Gasteiger partial charge in [0.25, 0.3) is 0 Å².